The van der Waals surface area contributed by atoms with Gasteiger partial charge in [0, 0.05) is 25.9 Å². The Kier molecular flexibility index (Phi) is 4.41. The van der Waals surface area contributed by atoms with Crippen molar-refractivity contribution >= 4 is 11.6 Å². The molecule has 0 radical (unpaired) electrons. The first-order valence-electron chi connectivity index (χ1n) is 7.79. The highest BCUT2D eigenvalue weighted by atomic mass is 16.2. The second kappa shape index (κ2) is 6.64. The zero-order valence-electron chi connectivity index (χ0n) is 13.5. The van der Waals surface area contributed by atoms with E-state index in [0.717, 1.165) is 35.4 Å². The minimum Gasteiger partial charge on any atom is -0.340 e. The average molecular weight is 311 g/mol. The summed E-state index contributed by atoms with van der Waals surface area (Å²) in [5.74, 6) is 0.152. The van der Waals surface area contributed by atoms with E-state index in [4.69, 9.17) is 0 Å². The number of aryl methyl sites for hydroxylation is 2. The van der Waals surface area contributed by atoms with Gasteiger partial charge in [-0.15, -0.1) is 0 Å². The molecule has 3 rings (SSSR count). The Hall–Kier alpha value is -2.63. The van der Waals surface area contributed by atoms with Crippen LogP contribution in [0.4, 0.5) is 0 Å². The smallest absolute Gasteiger partial charge is 0.222 e. The van der Waals surface area contributed by atoms with Crippen molar-refractivity contribution in [3.63, 3.8) is 0 Å². The molecule has 6 nitrogen and oxygen atoms in total. The van der Waals surface area contributed by atoms with Crippen molar-refractivity contribution in [3.05, 3.63) is 53.7 Å². The normalized spacial score (nSPS) is 11.0. The molecule has 120 valence electrons. The number of pyridine rings is 1. The Morgan fingerprint density at radius 2 is 2.26 bits per heavy atom. The fourth-order valence-electron chi connectivity index (χ4n) is 2.72. The van der Waals surface area contributed by atoms with Gasteiger partial charge in [0.15, 0.2) is 0 Å². The third kappa shape index (κ3) is 3.41. The van der Waals surface area contributed by atoms with Crippen molar-refractivity contribution < 1.29 is 4.79 Å². The minimum atomic E-state index is 0.152. The number of aromatic amines is 1. The molecule has 3 aromatic rings. The van der Waals surface area contributed by atoms with Crippen LogP contribution < -0.4 is 0 Å². The number of aromatic nitrogens is 4. The van der Waals surface area contributed by atoms with Crippen LogP contribution in [0.2, 0.25) is 0 Å². The SMILES string of the molecule is Cc1nc2ccccn2c1CN(C)C(=O)CCCc1cn[nH]c1. The summed E-state index contributed by atoms with van der Waals surface area (Å²) in [5, 5.41) is 6.70. The van der Waals surface area contributed by atoms with Gasteiger partial charge in [-0.05, 0) is 37.5 Å². The maximum Gasteiger partial charge on any atom is 0.222 e. The van der Waals surface area contributed by atoms with Gasteiger partial charge in [-0.25, -0.2) is 4.98 Å². The van der Waals surface area contributed by atoms with E-state index >= 15 is 0 Å². The fourth-order valence-corrected chi connectivity index (χ4v) is 2.72. The lowest BCUT2D eigenvalue weighted by molar-refractivity contribution is -0.130. The standard InChI is InChI=1S/C17H21N5O/c1-13-15(22-9-4-3-7-16(22)20-13)12-21(2)17(23)8-5-6-14-10-18-19-11-14/h3-4,7,9-11H,5-6,8,12H2,1-2H3,(H,18,19). The van der Waals surface area contributed by atoms with Crippen LogP contribution in [0.25, 0.3) is 5.65 Å². The maximum absolute atomic E-state index is 12.3. The monoisotopic (exact) mass is 311 g/mol. The van der Waals surface area contributed by atoms with Crippen LogP contribution in [-0.4, -0.2) is 37.4 Å². The highest BCUT2D eigenvalue weighted by Crippen LogP contribution is 2.14. The van der Waals surface area contributed by atoms with Crippen LogP contribution >= 0.6 is 0 Å². The second-order valence-corrected chi connectivity index (χ2v) is 5.78. The average Bonchev–Trinajstić information content (AvgIpc) is 3.16. The summed E-state index contributed by atoms with van der Waals surface area (Å²) in [4.78, 5) is 18.6. The molecule has 23 heavy (non-hydrogen) atoms. The number of carbonyl (C=O) groups is 1. The molecule has 0 unspecified atom stereocenters. The molecule has 0 saturated carbocycles. The lowest BCUT2D eigenvalue weighted by atomic mass is 10.1. The van der Waals surface area contributed by atoms with Gasteiger partial charge in [-0.2, -0.15) is 5.10 Å². The minimum absolute atomic E-state index is 0.152. The third-order valence-electron chi connectivity index (χ3n) is 4.05. The summed E-state index contributed by atoms with van der Waals surface area (Å²) in [6, 6.07) is 5.92. The van der Waals surface area contributed by atoms with Gasteiger partial charge in [0.05, 0.1) is 24.1 Å². The van der Waals surface area contributed by atoms with E-state index in [1.807, 2.05) is 49.0 Å². The highest BCUT2D eigenvalue weighted by molar-refractivity contribution is 5.75. The van der Waals surface area contributed by atoms with Gasteiger partial charge in [0.25, 0.3) is 0 Å². The molecule has 1 N–H and O–H groups in total. The topological polar surface area (TPSA) is 66.3 Å². The van der Waals surface area contributed by atoms with Gasteiger partial charge in [-0.1, -0.05) is 6.07 Å². The van der Waals surface area contributed by atoms with Crippen molar-refractivity contribution in [2.45, 2.75) is 32.7 Å². The molecule has 1 amide bonds. The number of carbonyl (C=O) groups excluding carboxylic acids is 1. The Morgan fingerprint density at radius 1 is 1.39 bits per heavy atom. The van der Waals surface area contributed by atoms with Crippen LogP contribution in [0.1, 0.15) is 29.8 Å². The molecule has 0 bridgehead atoms. The van der Waals surface area contributed by atoms with Gasteiger partial charge >= 0.3 is 0 Å². The number of hydrogen-bond donors (Lipinski definition) is 1. The molecule has 0 aliphatic heterocycles. The maximum atomic E-state index is 12.3. The van der Waals surface area contributed by atoms with Crippen molar-refractivity contribution in [1.29, 1.82) is 0 Å². The Morgan fingerprint density at radius 3 is 3.04 bits per heavy atom. The third-order valence-corrected chi connectivity index (χ3v) is 4.05. The van der Waals surface area contributed by atoms with Crippen molar-refractivity contribution in [3.8, 4) is 0 Å². The molecule has 0 atom stereocenters. The molecule has 0 saturated heterocycles. The van der Waals surface area contributed by atoms with Crippen LogP contribution in [0.5, 0.6) is 0 Å². The van der Waals surface area contributed by atoms with Gasteiger partial charge in [-0.3, -0.25) is 9.89 Å². The zero-order valence-corrected chi connectivity index (χ0v) is 13.5. The van der Waals surface area contributed by atoms with E-state index in [0.29, 0.717) is 13.0 Å². The molecule has 3 heterocycles. The first kappa shape index (κ1) is 15.3. The number of H-pyrrole nitrogens is 1. The Labute approximate surface area is 135 Å². The summed E-state index contributed by atoms with van der Waals surface area (Å²) in [7, 11) is 1.85. The molecule has 3 aromatic heterocycles. The summed E-state index contributed by atoms with van der Waals surface area (Å²) >= 11 is 0. The highest BCUT2D eigenvalue weighted by Gasteiger charge is 2.14. The molecule has 0 fully saturated rings. The fraction of sp³-hybridized carbons (Fsp3) is 0.353. The van der Waals surface area contributed by atoms with Gasteiger partial charge in [0.2, 0.25) is 5.91 Å². The molecule has 0 aromatic carbocycles. The summed E-state index contributed by atoms with van der Waals surface area (Å²) < 4.78 is 2.05. The second-order valence-electron chi connectivity index (χ2n) is 5.78. The van der Waals surface area contributed by atoms with E-state index in [9.17, 15) is 4.79 Å². The number of nitrogens with zero attached hydrogens (tertiary/aromatic N) is 4. The Bertz CT molecular complexity index is 791. The molecule has 0 aliphatic rings. The number of hydrogen-bond acceptors (Lipinski definition) is 3. The number of fused-ring (bicyclic) bond motifs is 1. The molecule has 0 aliphatic carbocycles. The molecule has 6 heteroatoms. The van der Waals surface area contributed by atoms with E-state index in [1.165, 1.54) is 0 Å². The van der Waals surface area contributed by atoms with Crippen molar-refractivity contribution in [2.24, 2.45) is 0 Å². The quantitative estimate of drug-likeness (QED) is 0.760. The van der Waals surface area contributed by atoms with Gasteiger partial charge in [0.1, 0.15) is 5.65 Å². The number of amides is 1. The molecule has 0 spiro atoms. The predicted octanol–water partition coefficient (Wildman–Crippen LogP) is 2.35. The van der Waals surface area contributed by atoms with Crippen LogP contribution in [-0.2, 0) is 17.8 Å². The van der Waals surface area contributed by atoms with Gasteiger partial charge < -0.3 is 9.30 Å². The van der Waals surface area contributed by atoms with Crippen LogP contribution in [0.3, 0.4) is 0 Å². The molecular formula is C17H21N5O. The number of rotatable bonds is 6. The number of nitrogens with one attached hydrogen (secondary N) is 1. The van der Waals surface area contributed by atoms with Crippen LogP contribution in [0.15, 0.2) is 36.8 Å². The first-order valence-corrected chi connectivity index (χ1v) is 7.79. The Balaban J connectivity index is 1.60. The summed E-state index contributed by atoms with van der Waals surface area (Å²) in [6.45, 7) is 2.56. The van der Waals surface area contributed by atoms with E-state index in [-0.39, 0.29) is 5.91 Å². The number of imidazole rings is 1. The molecular weight excluding hydrogens is 290 g/mol. The van der Waals surface area contributed by atoms with Crippen molar-refractivity contribution in [2.75, 3.05) is 7.05 Å². The lowest BCUT2D eigenvalue weighted by Crippen LogP contribution is -2.27. The largest absolute Gasteiger partial charge is 0.340 e. The first-order chi connectivity index (χ1) is 11.1. The summed E-state index contributed by atoms with van der Waals surface area (Å²) in [6.07, 6.45) is 7.89. The van der Waals surface area contributed by atoms with Crippen molar-refractivity contribution in [1.82, 2.24) is 24.5 Å². The van der Waals surface area contributed by atoms with E-state index in [2.05, 4.69) is 15.2 Å². The summed E-state index contributed by atoms with van der Waals surface area (Å²) in [5.41, 5.74) is 4.08. The predicted molar refractivity (Wildman–Crippen MR) is 87.9 cm³/mol. The van der Waals surface area contributed by atoms with E-state index < -0.39 is 0 Å². The zero-order chi connectivity index (χ0) is 16.2. The van der Waals surface area contributed by atoms with E-state index in [1.54, 1.807) is 11.1 Å². The van der Waals surface area contributed by atoms with Crippen LogP contribution in [0, 0.1) is 6.92 Å². The lowest BCUT2D eigenvalue weighted by Gasteiger charge is -2.17.